The van der Waals surface area contributed by atoms with Crippen molar-refractivity contribution in [3.8, 4) is 0 Å². The van der Waals surface area contributed by atoms with Gasteiger partial charge in [-0.05, 0) is 56.2 Å². The molecule has 0 spiro atoms. The lowest BCUT2D eigenvalue weighted by atomic mass is 10.1. The minimum atomic E-state index is -0.888. The van der Waals surface area contributed by atoms with Gasteiger partial charge in [0.15, 0.2) is 6.10 Å². The average molecular weight is 376 g/mol. The van der Waals surface area contributed by atoms with Gasteiger partial charge in [-0.1, -0.05) is 34.1 Å². The molecule has 0 saturated carbocycles. The van der Waals surface area contributed by atoms with Crippen LogP contribution in [0.5, 0.6) is 0 Å². The summed E-state index contributed by atoms with van der Waals surface area (Å²) in [6.07, 6.45) is -0.888. The Hall–Kier alpha value is -2.14. The minimum Gasteiger partial charge on any atom is -0.449 e. The van der Waals surface area contributed by atoms with Crippen molar-refractivity contribution in [1.82, 2.24) is 0 Å². The first-order valence-corrected chi connectivity index (χ1v) is 8.01. The first kappa shape index (κ1) is 17.2. The zero-order chi connectivity index (χ0) is 17.0. The molecule has 0 heterocycles. The summed E-state index contributed by atoms with van der Waals surface area (Å²) in [7, 11) is 0. The number of esters is 1. The molecule has 2 rings (SSSR count). The Bertz CT molecular complexity index is 743. The topological polar surface area (TPSA) is 55.4 Å². The summed E-state index contributed by atoms with van der Waals surface area (Å²) in [5, 5.41) is 2.79. The lowest BCUT2D eigenvalue weighted by Gasteiger charge is -2.15. The maximum absolute atomic E-state index is 12.2. The monoisotopic (exact) mass is 375 g/mol. The van der Waals surface area contributed by atoms with Crippen molar-refractivity contribution >= 4 is 33.5 Å². The van der Waals surface area contributed by atoms with E-state index >= 15 is 0 Å². The molecule has 4 nitrogen and oxygen atoms in total. The van der Waals surface area contributed by atoms with Crippen LogP contribution in [0.4, 0.5) is 5.69 Å². The number of carbonyl (C=O) groups is 2. The fourth-order valence-corrected chi connectivity index (χ4v) is 2.40. The molecule has 0 aliphatic heterocycles. The van der Waals surface area contributed by atoms with E-state index in [2.05, 4.69) is 21.2 Å². The van der Waals surface area contributed by atoms with Crippen molar-refractivity contribution in [2.24, 2.45) is 0 Å². The molecule has 0 aliphatic rings. The first-order valence-electron chi connectivity index (χ1n) is 7.21. The number of aryl methyl sites for hydroxylation is 2. The van der Waals surface area contributed by atoms with Crippen LogP contribution < -0.4 is 5.32 Å². The van der Waals surface area contributed by atoms with Gasteiger partial charge in [-0.3, -0.25) is 4.79 Å². The zero-order valence-electron chi connectivity index (χ0n) is 13.2. The van der Waals surface area contributed by atoms with Crippen LogP contribution in [0.25, 0.3) is 0 Å². The molecule has 2 aromatic rings. The number of carbonyl (C=O) groups excluding carboxylic acids is 2. The largest absolute Gasteiger partial charge is 0.449 e. The van der Waals surface area contributed by atoms with Crippen molar-refractivity contribution in [3.05, 3.63) is 63.6 Å². The van der Waals surface area contributed by atoms with Gasteiger partial charge >= 0.3 is 5.97 Å². The Morgan fingerprint density at radius 2 is 1.87 bits per heavy atom. The molecular formula is C18H18BrNO3. The number of amides is 1. The van der Waals surface area contributed by atoms with Gasteiger partial charge in [0.25, 0.3) is 5.91 Å². The third kappa shape index (κ3) is 4.66. The van der Waals surface area contributed by atoms with E-state index in [-0.39, 0.29) is 5.91 Å². The maximum Gasteiger partial charge on any atom is 0.338 e. The average Bonchev–Trinajstić information content (AvgIpc) is 2.50. The predicted molar refractivity (Wildman–Crippen MR) is 93.6 cm³/mol. The second-order valence-corrected chi connectivity index (χ2v) is 6.28. The SMILES string of the molecule is Cc1ccc(C)c(NC(=O)[C@@H](C)OC(=O)c2cccc(Br)c2)c1. The Morgan fingerprint density at radius 1 is 1.13 bits per heavy atom. The second kappa shape index (κ2) is 7.42. The van der Waals surface area contributed by atoms with Crippen LogP contribution in [0.15, 0.2) is 46.9 Å². The van der Waals surface area contributed by atoms with Gasteiger partial charge in [0.05, 0.1) is 5.56 Å². The van der Waals surface area contributed by atoms with Crippen LogP contribution in [0.2, 0.25) is 0 Å². The Balaban J connectivity index is 2.02. The number of ether oxygens (including phenoxy) is 1. The second-order valence-electron chi connectivity index (χ2n) is 5.37. The molecular weight excluding hydrogens is 358 g/mol. The van der Waals surface area contributed by atoms with Crippen molar-refractivity contribution in [1.29, 1.82) is 0 Å². The summed E-state index contributed by atoms with van der Waals surface area (Å²) in [4.78, 5) is 24.3. The molecule has 1 atom stereocenters. The molecule has 0 unspecified atom stereocenters. The summed E-state index contributed by atoms with van der Waals surface area (Å²) < 4.78 is 6.00. The molecule has 23 heavy (non-hydrogen) atoms. The van der Waals surface area contributed by atoms with Crippen molar-refractivity contribution in [2.45, 2.75) is 26.9 Å². The normalized spacial score (nSPS) is 11.7. The molecule has 0 saturated heterocycles. The highest BCUT2D eigenvalue weighted by molar-refractivity contribution is 9.10. The highest BCUT2D eigenvalue weighted by Gasteiger charge is 2.19. The molecule has 1 amide bonds. The van der Waals surface area contributed by atoms with E-state index in [1.54, 1.807) is 25.1 Å². The van der Waals surface area contributed by atoms with E-state index in [1.807, 2.05) is 38.1 Å². The zero-order valence-corrected chi connectivity index (χ0v) is 14.8. The lowest BCUT2D eigenvalue weighted by molar-refractivity contribution is -0.123. The predicted octanol–water partition coefficient (Wildman–Crippen LogP) is 4.25. The number of benzene rings is 2. The first-order chi connectivity index (χ1) is 10.9. The molecule has 0 aromatic heterocycles. The van der Waals surface area contributed by atoms with E-state index in [9.17, 15) is 9.59 Å². The number of hydrogen-bond acceptors (Lipinski definition) is 3. The molecule has 2 aromatic carbocycles. The number of nitrogens with one attached hydrogen (secondary N) is 1. The number of hydrogen-bond donors (Lipinski definition) is 1. The summed E-state index contributed by atoms with van der Waals surface area (Å²) in [6, 6.07) is 12.6. The van der Waals surface area contributed by atoms with Gasteiger partial charge < -0.3 is 10.1 Å². The highest BCUT2D eigenvalue weighted by Crippen LogP contribution is 2.17. The van der Waals surface area contributed by atoms with Crippen LogP contribution >= 0.6 is 15.9 Å². The van der Waals surface area contributed by atoms with Crippen LogP contribution in [-0.2, 0) is 9.53 Å². The van der Waals surface area contributed by atoms with Crippen LogP contribution in [0.3, 0.4) is 0 Å². The molecule has 1 N–H and O–H groups in total. The lowest BCUT2D eigenvalue weighted by Crippen LogP contribution is -2.30. The standard InChI is InChI=1S/C18H18BrNO3/c1-11-7-8-12(2)16(9-11)20-17(21)13(3)23-18(22)14-5-4-6-15(19)10-14/h4-10,13H,1-3H3,(H,20,21)/t13-/m1/s1. The van der Waals surface area contributed by atoms with Crippen LogP contribution in [0, 0.1) is 13.8 Å². The van der Waals surface area contributed by atoms with E-state index < -0.39 is 12.1 Å². The van der Waals surface area contributed by atoms with Crippen LogP contribution in [0.1, 0.15) is 28.4 Å². The molecule has 0 bridgehead atoms. The summed E-state index contributed by atoms with van der Waals surface area (Å²) in [5.74, 6) is -0.892. The number of rotatable bonds is 4. The van der Waals surface area contributed by atoms with E-state index in [0.717, 1.165) is 21.3 Å². The third-order valence-corrected chi connectivity index (χ3v) is 3.86. The van der Waals surface area contributed by atoms with Crippen molar-refractivity contribution in [2.75, 3.05) is 5.32 Å². The fourth-order valence-electron chi connectivity index (χ4n) is 2.00. The quantitative estimate of drug-likeness (QED) is 0.812. The molecule has 0 aliphatic carbocycles. The smallest absolute Gasteiger partial charge is 0.338 e. The minimum absolute atomic E-state index is 0.359. The highest BCUT2D eigenvalue weighted by atomic mass is 79.9. The fraction of sp³-hybridized carbons (Fsp3) is 0.222. The molecule has 5 heteroatoms. The van der Waals surface area contributed by atoms with Crippen LogP contribution in [-0.4, -0.2) is 18.0 Å². The van der Waals surface area contributed by atoms with Gasteiger partial charge in [-0.2, -0.15) is 0 Å². The number of anilines is 1. The molecule has 0 radical (unpaired) electrons. The third-order valence-electron chi connectivity index (χ3n) is 3.36. The van der Waals surface area contributed by atoms with Crippen molar-refractivity contribution in [3.63, 3.8) is 0 Å². The maximum atomic E-state index is 12.2. The summed E-state index contributed by atoms with van der Waals surface area (Å²) in [6.45, 7) is 5.41. The summed E-state index contributed by atoms with van der Waals surface area (Å²) >= 11 is 3.30. The van der Waals surface area contributed by atoms with E-state index in [0.29, 0.717) is 5.56 Å². The molecule has 0 fully saturated rings. The van der Waals surface area contributed by atoms with Gasteiger partial charge in [0, 0.05) is 10.2 Å². The summed E-state index contributed by atoms with van der Waals surface area (Å²) in [5.41, 5.74) is 3.12. The Labute approximate surface area is 144 Å². The van der Waals surface area contributed by atoms with E-state index in [1.165, 1.54) is 0 Å². The van der Waals surface area contributed by atoms with Gasteiger partial charge in [0.2, 0.25) is 0 Å². The Kier molecular flexibility index (Phi) is 5.55. The van der Waals surface area contributed by atoms with E-state index in [4.69, 9.17) is 4.74 Å². The van der Waals surface area contributed by atoms with Gasteiger partial charge in [0.1, 0.15) is 0 Å². The van der Waals surface area contributed by atoms with Crippen molar-refractivity contribution < 1.29 is 14.3 Å². The molecule has 120 valence electrons. The number of halogens is 1. The van der Waals surface area contributed by atoms with Gasteiger partial charge in [-0.15, -0.1) is 0 Å². The van der Waals surface area contributed by atoms with Gasteiger partial charge in [-0.25, -0.2) is 4.79 Å². The Morgan fingerprint density at radius 3 is 2.57 bits per heavy atom.